The highest BCUT2D eigenvalue weighted by Gasteiger charge is 2.49. The minimum atomic E-state index is -0.356. The Labute approximate surface area is 432 Å². The largest absolute Gasteiger partial charge is 0.455 e. The van der Waals surface area contributed by atoms with E-state index in [4.69, 9.17) is 8.83 Å². The highest BCUT2D eigenvalue weighted by Crippen LogP contribution is 2.64. The van der Waals surface area contributed by atoms with Gasteiger partial charge >= 0.3 is 0 Å². The van der Waals surface area contributed by atoms with Gasteiger partial charge in [-0.25, -0.2) is 0 Å². The van der Waals surface area contributed by atoms with Crippen LogP contribution in [0.5, 0.6) is 0 Å². The molecule has 358 valence electrons. The fourth-order valence-electron chi connectivity index (χ4n) is 14.3. The molecule has 0 saturated heterocycles. The first-order valence-corrected chi connectivity index (χ1v) is 26.4. The first kappa shape index (κ1) is 43.4. The predicted molar refractivity (Wildman–Crippen MR) is 310 cm³/mol. The summed E-state index contributed by atoms with van der Waals surface area (Å²) in [5, 5.41) is 7.16. The maximum Gasteiger partial charge on any atom is 0.144 e. The molecule has 0 atom stereocenters. The van der Waals surface area contributed by atoms with Crippen LogP contribution in [0.2, 0.25) is 0 Å². The summed E-state index contributed by atoms with van der Waals surface area (Å²) >= 11 is 0. The summed E-state index contributed by atoms with van der Waals surface area (Å²) in [4.78, 5) is 2.52. The van der Waals surface area contributed by atoms with Crippen LogP contribution in [-0.4, -0.2) is 0 Å². The summed E-state index contributed by atoms with van der Waals surface area (Å²) in [6.45, 7) is 21.5. The Balaban J connectivity index is 0.965. The lowest BCUT2D eigenvalue weighted by molar-refractivity contribution is 0.591. The van der Waals surface area contributed by atoms with Crippen molar-refractivity contribution in [3.8, 4) is 44.5 Å². The van der Waals surface area contributed by atoms with Crippen LogP contribution in [0.3, 0.4) is 0 Å². The molecule has 3 aliphatic rings. The van der Waals surface area contributed by atoms with Crippen LogP contribution in [0.15, 0.2) is 191 Å². The van der Waals surface area contributed by atoms with E-state index in [1.165, 1.54) is 105 Å². The quantitative estimate of drug-likeness (QED) is 0.176. The summed E-state index contributed by atoms with van der Waals surface area (Å²) in [7, 11) is 0. The topological polar surface area (TPSA) is 29.5 Å². The minimum Gasteiger partial charge on any atom is -0.455 e. The Morgan fingerprint density at radius 1 is 0.378 bits per heavy atom. The van der Waals surface area contributed by atoms with E-state index in [1.807, 2.05) is 0 Å². The van der Waals surface area contributed by atoms with Crippen LogP contribution in [0.25, 0.3) is 99.2 Å². The van der Waals surface area contributed by atoms with Gasteiger partial charge in [0.05, 0.1) is 5.69 Å². The Kier molecular flexibility index (Phi) is 8.54. The molecule has 10 aromatic carbocycles. The third-order valence-electron chi connectivity index (χ3n) is 17.7. The molecule has 2 aromatic heterocycles. The van der Waals surface area contributed by atoms with Crippen molar-refractivity contribution in [3.63, 3.8) is 0 Å². The van der Waals surface area contributed by atoms with Crippen LogP contribution in [-0.2, 0) is 21.7 Å². The van der Waals surface area contributed by atoms with E-state index < -0.39 is 0 Å². The Morgan fingerprint density at radius 3 is 1.59 bits per heavy atom. The van der Waals surface area contributed by atoms with E-state index in [0.717, 1.165) is 50.3 Å². The maximum atomic E-state index is 7.09. The Hall–Kier alpha value is -8.14. The number of hydrogen-bond acceptors (Lipinski definition) is 3. The van der Waals surface area contributed by atoms with E-state index in [-0.39, 0.29) is 21.7 Å². The average Bonchev–Trinajstić information content (AvgIpc) is 4.26. The zero-order chi connectivity index (χ0) is 50.4. The third kappa shape index (κ3) is 5.57. The summed E-state index contributed by atoms with van der Waals surface area (Å²) in [6, 6.07) is 67.7. The molecular weight excluding hydrogens is 899 g/mol. The highest BCUT2D eigenvalue weighted by molar-refractivity contribution is 6.22. The molecule has 0 N–H and O–H groups in total. The maximum absolute atomic E-state index is 7.09. The van der Waals surface area contributed by atoms with Gasteiger partial charge in [0.15, 0.2) is 0 Å². The number of furan rings is 2. The second-order valence-corrected chi connectivity index (χ2v) is 24.0. The van der Waals surface area contributed by atoms with Gasteiger partial charge in [-0.2, -0.15) is 0 Å². The monoisotopic (exact) mass is 955 g/mol. The zero-order valence-electron chi connectivity index (χ0n) is 43.6. The molecule has 3 aliphatic carbocycles. The van der Waals surface area contributed by atoms with Gasteiger partial charge in [-0.05, 0) is 132 Å². The average molecular weight is 956 g/mol. The Morgan fingerprint density at radius 2 is 0.892 bits per heavy atom. The zero-order valence-corrected chi connectivity index (χ0v) is 43.6. The minimum absolute atomic E-state index is 0.0654. The molecule has 0 unspecified atom stereocenters. The molecule has 0 fully saturated rings. The molecule has 0 spiro atoms. The predicted octanol–water partition coefficient (Wildman–Crippen LogP) is 20.0. The van der Waals surface area contributed by atoms with Gasteiger partial charge in [-0.1, -0.05) is 196 Å². The van der Waals surface area contributed by atoms with E-state index in [9.17, 15) is 0 Å². The van der Waals surface area contributed by atoms with Gasteiger partial charge in [0.25, 0.3) is 0 Å². The van der Waals surface area contributed by atoms with E-state index in [0.29, 0.717) is 0 Å². The van der Waals surface area contributed by atoms with Crippen molar-refractivity contribution in [1.82, 2.24) is 0 Å². The molecule has 15 rings (SSSR count). The van der Waals surface area contributed by atoms with Crippen molar-refractivity contribution in [1.29, 1.82) is 0 Å². The third-order valence-corrected chi connectivity index (χ3v) is 17.7. The standard InChI is InChI=1S/C71H57NO2/c1-68(2,3)51-28-16-12-24-44(51)50-39-55-59(61-48-26-14-18-31-57(48)73-66(50)61)46-35-33-41(37-53(46)69(55,4)5)72(56-30-20-22-40-21-10-11-23-43(40)56)42-34-36-47-54(38-42)71(8,9)65-63(47)67-62(49-27-15-19-32-58(49)74-67)60-45-25-13-17-29-52(45)70(6,7)64(60)65/h10-39H,1-9H3. The van der Waals surface area contributed by atoms with Crippen molar-refractivity contribution in [2.24, 2.45) is 0 Å². The highest BCUT2D eigenvalue weighted by atomic mass is 16.3. The summed E-state index contributed by atoms with van der Waals surface area (Å²) < 4.78 is 14.1. The van der Waals surface area contributed by atoms with Gasteiger partial charge in [0.2, 0.25) is 0 Å². The second kappa shape index (κ2) is 14.5. The molecule has 12 aromatic rings. The number of anilines is 3. The van der Waals surface area contributed by atoms with Crippen LogP contribution in [0.4, 0.5) is 17.1 Å². The molecule has 0 amide bonds. The smallest absolute Gasteiger partial charge is 0.144 e. The number of nitrogens with zero attached hydrogens (tertiary/aromatic N) is 1. The molecule has 2 heterocycles. The molecule has 0 saturated carbocycles. The number of benzene rings is 10. The number of fused-ring (bicyclic) bond motifs is 20. The van der Waals surface area contributed by atoms with E-state index in [2.05, 4.69) is 249 Å². The van der Waals surface area contributed by atoms with Gasteiger partial charge in [-0.3, -0.25) is 0 Å². The number of rotatable bonds is 4. The first-order chi connectivity index (χ1) is 35.6. The Bertz CT molecular complexity index is 4440. The lowest BCUT2D eigenvalue weighted by Gasteiger charge is -2.32. The summed E-state index contributed by atoms with van der Waals surface area (Å²) in [5.74, 6) is 0. The molecule has 0 aliphatic heterocycles. The summed E-state index contributed by atoms with van der Waals surface area (Å²) in [6.07, 6.45) is 0. The normalized spacial score (nSPS) is 15.4. The number of hydrogen-bond donors (Lipinski definition) is 0. The molecule has 0 radical (unpaired) electrons. The lowest BCUT2D eigenvalue weighted by Crippen LogP contribution is -2.24. The fourth-order valence-corrected chi connectivity index (χ4v) is 14.3. The molecule has 74 heavy (non-hydrogen) atoms. The SMILES string of the molecule is CC(C)(C)c1ccccc1-c1cc2c(c3c1oc1ccccc13)-c1ccc(N(c3ccc4c(c3)C(C)(C)c3c5c(c6c(oc7ccccc76)c3-4)-c3ccccc3C5(C)C)c3cccc4ccccc34)cc1C2(C)C. The van der Waals surface area contributed by atoms with Crippen molar-refractivity contribution < 1.29 is 8.83 Å². The van der Waals surface area contributed by atoms with Crippen LogP contribution >= 0.6 is 0 Å². The molecule has 3 heteroatoms. The van der Waals surface area contributed by atoms with Crippen molar-refractivity contribution in [2.45, 2.75) is 84.0 Å². The van der Waals surface area contributed by atoms with Crippen molar-refractivity contribution in [3.05, 3.63) is 221 Å². The first-order valence-electron chi connectivity index (χ1n) is 26.4. The molecular formula is C71H57NO2. The molecule has 3 nitrogen and oxygen atoms in total. The van der Waals surface area contributed by atoms with Gasteiger partial charge in [-0.15, -0.1) is 0 Å². The van der Waals surface area contributed by atoms with E-state index in [1.54, 1.807) is 0 Å². The lowest BCUT2D eigenvalue weighted by atomic mass is 9.72. The van der Waals surface area contributed by atoms with Crippen molar-refractivity contribution >= 4 is 71.7 Å². The van der Waals surface area contributed by atoms with Gasteiger partial charge in [0.1, 0.15) is 22.3 Å². The van der Waals surface area contributed by atoms with E-state index >= 15 is 0 Å². The van der Waals surface area contributed by atoms with Gasteiger partial charge < -0.3 is 13.7 Å². The fraction of sp³-hybridized carbons (Fsp3) is 0.183. The van der Waals surface area contributed by atoms with Crippen LogP contribution in [0.1, 0.15) is 101 Å². The summed E-state index contributed by atoms with van der Waals surface area (Å²) in [5.41, 5.74) is 25.7. The number of para-hydroxylation sites is 2. The van der Waals surface area contributed by atoms with Gasteiger partial charge in [0, 0.05) is 65.7 Å². The second-order valence-electron chi connectivity index (χ2n) is 24.0. The van der Waals surface area contributed by atoms with Crippen LogP contribution in [0, 0.1) is 0 Å². The van der Waals surface area contributed by atoms with Crippen LogP contribution < -0.4 is 4.90 Å². The molecule has 0 bridgehead atoms. The van der Waals surface area contributed by atoms with Crippen molar-refractivity contribution in [2.75, 3.05) is 4.90 Å².